The van der Waals surface area contributed by atoms with Crippen molar-refractivity contribution >= 4 is 11.9 Å². The average molecular weight is 304 g/mol. The molecule has 118 valence electrons. The van der Waals surface area contributed by atoms with Gasteiger partial charge in [-0.1, -0.05) is 6.92 Å². The summed E-state index contributed by atoms with van der Waals surface area (Å²) in [5, 5.41) is 13.8. The maximum absolute atomic E-state index is 12.5. The Morgan fingerprint density at radius 1 is 1.55 bits per heavy atom. The molecule has 0 radical (unpaired) electrons. The van der Waals surface area contributed by atoms with E-state index in [1.54, 1.807) is 6.20 Å². The van der Waals surface area contributed by atoms with Crippen LogP contribution < -0.4 is 5.32 Å². The number of nitrogens with one attached hydrogen (secondary N) is 2. The second-order valence-corrected chi connectivity index (χ2v) is 5.26. The Labute approximate surface area is 128 Å². The molecule has 2 atom stereocenters. The average Bonchev–Trinajstić information content (AvgIpc) is 3.26. The molecule has 1 aliphatic rings. The van der Waals surface area contributed by atoms with Crippen molar-refractivity contribution in [1.29, 1.82) is 0 Å². The summed E-state index contributed by atoms with van der Waals surface area (Å²) in [6, 6.07) is 0. The fourth-order valence-electron chi connectivity index (χ4n) is 2.60. The van der Waals surface area contributed by atoms with E-state index in [0.717, 1.165) is 24.4 Å². The summed E-state index contributed by atoms with van der Waals surface area (Å²) in [6.07, 6.45) is 4.86. The van der Waals surface area contributed by atoms with Crippen LogP contribution in [0.2, 0.25) is 0 Å². The Balaban J connectivity index is 1.70. The zero-order chi connectivity index (χ0) is 15.5. The highest BCUT2D eigenvalue weighted by Gasteiger charge is 2.36. The van der Waals surface area contributed by atoms with Gasteiger partial charge in [-0.2, -0.15) is 10.1 Å². The second kappa shape index (κ2) is 6.27. The van der Waals surface area contributed by atoms with E-state index in [1.807, 2.05) is 24.7 Å². The first kappa shape index (κ1) is 14.7. The fraction of sp³-hybridized carbons (Fsp3) is 0.571. The smallest absolute Gasteiger partial charge is 0.248 e. The molecule has 3 heterocycles. The number of aromatic nitrogens is 5. The maximum atomic E-state index is 12.5. The van der Waals surface area contributed by atoms with E-state index in [1.165, 1.54) is 0 Å². The number of hydrogen-bond donors (Lipinski definition) is 2. The largest absolute Gasteiger partial charge is 0.373 e. The summed E-state index contributed by atoms with van der Waals surface area (Å²) < 4.78 is 7.56. The molecule has 1 amide bonds. The third-order valence-electron chi connectivity index (χ3n) is 3.84. The molecule has 1 fully saturated rings. The number of rotatable bonds is 5. The predicted octanol–water partition coefficient (Wildman–Crippen LogP) is 1.30. The molecule has 2 aromatic heterocycles. The van der Waals surface area contributed by atoms with E-state index < -0.39 is 0 Å². The fourth-order valence-corrected chi connectivity index (χ4v) is 2.60. The number of carbonyl (C=O) groups is 1. The molecule has 2 N–H and O–H groups in total. The molecular formula is C14H20N6O2. The molecule has 22 heavy (non-hydrogen) atoms. The van der Waals surface area contributed by atoms with E-state index in [2.05, 4.69) is 25.6 Å². The first-order valence-corrected chi connectivity index (χ1v) is 7.57. The predicted molar refractivity (Wildman–Crippen MR) is 79.1 cm³/mol. The third kappa shape index (κ3) is 2.87. The van der Waals surface area contributed by atoms with Gasteiger partial charge in [0.05, 0.1) is 18.2 Å². The summed E-state index contributed by atoms with van der Waals surface area (Å²) >= 11 is 0. The van der Waals surface area contributed by atoms with Gasteiger partial charge in [0, 0.05) is 31.3 Å². The molecular weight excluding hydrogens is 284 g/mol. The lowest BCUT2D eigenvalue weighted by Crippen LogP contribution is -2.25. The summed E-state index contributed by atoms with van der Waals surface area (Å²) in [5.74, 6) is 0.696. The van der Waals surface area contributed by atoms with Gasteiger partial charge in [-0.15, -0.1) is 5.10 Å². The van der Waals surface area contributed by atoms with Gasteiger partial charge < -0.3 is 4.74 Å². The van der Waals surface area contributed by atoms with E-state index in [4.69, 9.17) is 4.74 Å². The molecule has 0 saturated carbocycles. The van der Waals surface area contributed by atoms with Crippen LogP contribution in [-0.4, -0.2) is 37.5 Å². The molecule has 2 aromatic rings. The Hall–Kier alpha value is -2.22. The molecule has 0 unspecified atom stereocenters. The lowest BCUT2D eigenvalue weighted by atomic mass is 9.96. The van der Waals surface area contributed by atoms with Crippen LogP contribution in [0.5, 0.6) is 0 Å². The zero-order valence-corrected chi connectivity index (χ0v) is 12.7. The van der Waals surface area contributed by atoms with Crippen LogP contribution in [0, 0.1) is 5.92 Å². The number of aromatic amines is 1. The topological polar surface area (TPSA) is 97.7 Å². The summed E-state index contributed by atoms with van der Waals surface area (Å²) in [4.78, 5) is 16.7. The van der Waals surface area contributed by atoms with Gasteiger partial charge in [0.25, 0.3) is 0 Å². The van der Waals surface area contributed by atoms with Crippen molar-refractivity contribution in [2.75, 3.05) is 11.9 Å². The molecule has 8 heteroatoms. The molecule has 0 bridgehead atoms. The van der Waals surface area contributed by atoms with Gasteiger partial charge >= 0.3 is 0 Å². The van der Waals surface area contributed by atoms with Crippen molar-refractivity contribution in [2.24, 2.45) is 5.92 Å². The SMILES string of the molecule is CCc1nc(NC(=O)[C@H]2CCO[C@@H]2c2cnn(CC)c2)n[nH]1. The van der Waals surface area contributed by atoms with Crippen LogP contribution >= 0.6 is 0 Å². The van der Waals surface area contributed by atoms with Crippen LogP contribution in [-0.2, 0) is 22.5 Å². The summed E-state index contributed by atoms with van der Waals surface area (Å²) in [5.41, 5.74) is 0.934. The van der Waals surface area contributed by atoms with Crippen molar-refractivity contribution in [3.05, 3.63) is 23.8 Å². The van der Waals surface area contributed by atoms with Crippen molar-refractivity contribution in [3.63, 3.8) is 0 Å². The van der Waals surface area contributed by atoms with Crippen LogP contribution in [0.4, 0.5) is 5.95 Å². The van der Waals surface area contributed by atoms with Crippen molar-refractivity contribution in [2.45, 2.75) is 39.3 Å². The number of aryl methyl sites for hydroxylation is 2. The van der Waals surface area contributed by atoms with Crippen molar-refractivity contribution in [3.8, 4) is 0 Å². The number of amides is 1. The number of carbonyl (C=O) groups excluding carboxylic acids is 1. The standard InChI is InChI=1S/C14H20N6O2/c1-3-11-16-14(19-18-11)17-13(21)10-5-6-22-12(10)9-7-15-20(4-2)8-9/h7-8,10,12H,3-6H2,1-2H3,(H2,16,17,18,19,21)/t10-,12+/m0/s1. The van der Waals surface area contributed by atoms with Crippen molar-refractivity contribution in [1.82, 2.24) is 25.0 Å². The minimum absolute atomic E-state index is 0.117. The highest BCUT2D eigenvalue weighted by molar-refractivity contribution is 5.91. The Kier molecular flexibility index (Phi) is 4.19. The van der Waals surface area contributed by atoms with E-state index in [0.29, 0.717) is 19.0 Å². The van der Waals surface area contributed by atoms with Gasteiger partial charge in [-0.05, 0) is 13.3 Å². The van der Waals surface area contributed by atoms with E-state index in [-0.39, 0.29) is 17.9 Å². The second-order valence-electron chi connectivity index (χ2n) is 5.26. The third-order valence-corrected chi connectivity index (χ3v) is 3.84. The normalized spacial score (nSPS) is 21.2. The number of H-pyrrole nitrogens is 1. The van der Waals surface area contributed by atoms with Crippen LogP contribution in [0.1, 0.15) is 37.8 Å². The minimum Gasteiger partial charge on any atom is -0.373 e. The summed E-state index contributed by atoms with van der Waals surface area (Å²) in [7, 11) is 0. The Morgan fingerprint density at radius 2 is 2.41 bits per heavy atom. The molecule has 0 aliphatic carbocycles. The van der Waals surface area contributed by atoms with Crippen molar-refractivity contribution < 1.29 is 9.53 Å². The highest BCUT2D eigenvalue weighted by Crippen LogP contribution is 2.34. The molecule has 1 saturated heterocycles. The molecule has 0 aromatic carbocycles. The Bertz CT molecular complexity index is 649. The van der Waals surface area contributed by atoms with Crippen LogP contribution in [0.25, 0.3) is 0 Å². The molecule has 0 spiro atoms. The number of ether oxygens (including phenoxy) is 1. The van der Waals surface area contributed by atoms with Crippen LogP contribution in [0.15, 0.2) is 12.4 Å². The zero-order valence-electron chi connectivity index (χ0n) is 12.7. The molecule has 1 aliphatic heterocycles. The van der Waals surface area contributed by atoms with Gasteiger partial charge in [0.2, 0.25) is 11.9 Å². The highest BCUT2D eigenvalue weighted by atomic mass is 16.5. The minimum atomic E-state index is -0.259. The number of hydrogen-bond acceptors (Lipinski definition) is 5. The lowest BCUT2D eigenvalue weighted by molar-refractivity contribution is -0.121. The first-order valence-electron chi connectivity index (χ1n) is 7.57. The lowest BCUT2D eigenvalue weighted by Gasteiger charge is -2.15. The Morgan fingerprint density at radius 3 is 3.09 bits per heavy atom. The number of nitrogens with zero attached hydrogens (tertiary/aromatic N) is 4. The van der Waals surface area contributed by atoms with Gasteiger partial charge in [-0.25, -0.2) is 0 Å². The number of anilines is 1. The monoisotopic (exact) mass is 304 g/mol. The van der Waals surface area contributed by atoms with Gasteiger partial charge in [-0.3, -0.25) is 19.9 Å². The summed E-state index contributed by atoms with van der Waals surface area (Å²) in [6.45, 7) is 5.35. The van der Waals surface area contributed by atoms with E-state index >= 15 is 0 Å². The quantitative estimate of drug-likeness (QED) is 0.867. The molecule has 3 rings (SSSR count). The van der Waals surface area contributed by atoms with Gasteiger partial charge in [0.1, 0.15) is 5.82 Å². The maximum Gasteiger partial charge on any atom is 0.248 e. The van der Waals surface area contributed by atoms with Gasteiger partial charge in [0.15, 0.2) is 0 Å². The van der Waals surface area contributed by atoms with Crippen LogP contribution in [0.3, 0.4) is 0 Å². The first-order chi connectivity index (χ1) is 10.7. The van der Waals surface area contributed by atoms with E-state index in [9.17, 15) is 4.79 Å². The molecule has 8 nitrogen and oxygen atoms in total.